The van der Waals surface area contributed by atoms with Gasteiger partial charge in [-0.15, -0.1) is 0 Å². The van der Waals surface area contributed by atoms with Gasteiger partial charge in [-0.1, -0.05) is 19.3 Å². The van der Waals surface area contributed by atoms with Crippen LogP contribution in [0.3, 0.4) is 0 Å². The molecule has 1 saturated heterocycles. The lowest BCUT2D eigenvalue weighted by Gasteiger charge is -2.42. The lowest BCUT2D eigenvalue weighted by Crippen LogP contribution is -2.60. The Morgan fingerprint density at radius 3 is 2.20 bits per heavy atom. The quantitative estimate of drug-likeness (QED) is 0.794. The van der Waals surface area contributed by atoms with Gasteiger partial charge in [0.2, 0.25) is 5.91 Å². The lowest BCUT2D eigenvalue weighted by atomic mass is 9.81. The van der Waals surface area contributed by atoms with E-state index in [9.17, 15) is 9.90 Å². The van der Waals surface area contributed by atoms with E-state index in [-0.39, 0.29) is 5.91 Å². The Balaban J connectivity index is 1.85. The van der Waals surface area contributed by atoms with Crippen LogP contribution in [0.4, 0.5) is 0 Å². The third-order valence-corrected chi connectivity index (χ3v) is 4.44. The Bertz CT molecular complexity index is 338. The van der Waals surface area contributed by atoms with Crippen molar-refractivity contribution in [2.45, 2.75) is 57.1 Å². The van der Waals surface area contributed by atoms with Crippen LogP contribution in [0.1, 0.15) is 46.0 Å². The molecule has 1 aliphatic carbocycles. The zero-order chi connectivity index (χ0) is 14.8. The molecule has 0 unspecified atom stereocenters. The predicted octanol–water partition coefficient (Wildman–Crippen LogP) is 0.563. The average Bonchev–Trinajstić information content (AvgIpc) is 2.38. The van der Waals surface area contributed by atoms with Gasteiger partial charge in [-0.2, -0.15) is 0 Å². The Morgan fingerprint density at radius 2 is 1.70 bits per heavy atom. The second-order valence-corrected chi connectivity index (χ2v) is 7.10. The third-order valence-electron chi connectivity index (χ3n) is 4.44. The Labute approximate surface area is 122 Å². The number of piperazine rings is 1. The number of nitrogens with zero attached hydrogens (tertiary/aromatic N) is 2. The maximum atomic E-state index is 12.6. The van der Waals surface area contributed by atoms with Crippen molar-refractivity contribution in [3.05, 3.63) is 0 Å². The van der Waals surface area contributed by atoms with Gasteiger partial charge in [0.25, 0.3) is 0 Å². The lowest BCUT2D eigenvalue weighted by molar-refractivity contribution is -0.140. The summed E-state index contributed by atoms with van der Waals surface area (Å²) in [5.41, 5.74) is 5.03. The number of carbonyl (C=O) groups is 1. The van der Waals surface area contributed by atoms with Gasteiger partial charge in [0.05, 0.1) is 11.1 Å². The average molecular weight is 283 g/mol. The second-order valence-electron chi connectivity index (χ2n) is 7.10. The molecule has 1 saturated carbocycles. The minimum absolute atomic E-state index is 0.139. The summed E-state index contributed by atoms with van der Waals surface area (Å²) < 4.78 is 0. The van der Waals surface area contributed by atoms with Gasteiger partial charge in [0.1, 0.15) is 0 Å². The minimum Gasteiger partial charge on any atom is -0.389 e. The molecule has 0 atom stereocenters. The van der Waals surface area contributed by atoms with E-state index in [1.807, 2.05) is 18.7 Å². The molecule has 0 spiro atoms. The first-order chi connectivity index (χ1) is 9.30. The molecule has 1 amide bonds. The summed E-state index contributed by atoms with van der Waals surface area (Å²) in [5.74, 6) is 0.139. The zero-order valence-corrected chi connectivity index (χ0v) is 12.9. The molecule has 116 valence electrons. The van der Waals surface area contributed by atoms with Crippen molar-refractivity contribution >= 4 is 5.91 Å². The summed E-state index contributed by atoms with van der Waals surface area (Å²) >= 11 is 0. The van der Waals surface area contributed by atoms with Crippen LogP contribution >= 0.6 is 0 Å². The van der Waals surface area contributed by atoms with E-state index in [4.69, 9.17) is 5.73 Å². The molecule has 1 aliphatic heterocycles. The molecule has 2 aliphatic rings. The fraction of sp³-hybridized carbons (Fsp3) is 0.933. The van der Waals surface area contributed by atoms with E-state index in [0.717, 1.165) is 51.9 Å². The molecule has 0 aromatic heterocycles. The summed E-state index contributed by atoms with van der Waals surface area (Å²) in [5, 5.41) is 9.85. The topological polar surface area (TPSA) is 69.8 Å². The molecule has 1 heterocycles. The van der Waals surface area contributed by atoms with E-state index in [1.165, 1.54) is 6.42 Å². The van der Waals surface area contributed by atoms with Crippen molar-refractivity contribution in [1.82, 2.24) is 9.80 Å². The molecule has 0 radical (unpaired) electrons. The van der Waals surface area contributed by atoms with Crippen LogP contribution in [-0.4, -0.2) is 64.7 Å². The van der Waals surface area contributed by atoms with Gasteiger partial charge < -0.3 is 15.7 Å². The third kappa shape index (κ3) is 3.93. The molecular formula is C15H29N3O2. The van der Waals surface area contributed by atoms with Gasteiger partial charge in [-0.25, -0.2) is 0 Å². The van der Waals surface area contributed by atoms with Gasteiger partial charge in [0.15, 0.2) is 0 Å². The molecule has 2 fully saturated rings. The van der Waals surface area contributed by atoms with E-state index >= 15 is 0 Å². The Hall–Kier alpha value is -0.650. The van der Waals surface area contributed by atoms with Gasteiger partial charge in [-0.3, -0.25) is 9.69 Å². The Morgan fingerprint density at radius 1 is 1.15 bits per heavy atom. The molecular weight excluding hydrogens is 254 g/mol. The maximum Gasteiger partial charge on any atom is 0.242 e. The highest BCUT2D eigenvalue weighted by atomic mass is 16.3. The molecule has 3 N–H and O–H groups in total. The van der Waals surface area contributed by atoms with Crippen molar-refractivity contribution in [2.75, 3.05) is 32.7 Å². The largest absolute Gasteiger partial charge is 0.389 e. The number of amides is 1. The van der Waals surface area contributed by atoms with Crippen molar-refractivity contribution in [2.24, 2.45) is 5.73 Å². The molecule has 2 rings (SSSR count). The minimum atomic E-state index is -0.676. The molecule has 0 aromatic carbocycles. The second kappa shape index (κ2) is 6.00. The fourth-order valence-electron chi connectivity index (χ4n) is 3.37. The molecule has 0 aromatic rings. The number of nitrogens with two attached hydrogens (primary N) is 1. The normalized spacial score (nSPS) is 24.7. The number of hydrogen-bond donors (Lipinski definition) is 2. The van der Waals surface area contributed by atoms with Crippen molar-refractivity contribution in [3.8, 4) is 0 Å². The first-order valence-electron chi connectivity index (χ1n) is 7.83. The van der Waals surface area contributed by atoms with Crippen LogP contribution < -0.4 is 5.73 Å². The van der Waals surface area contributed by atoms with E-state index < -0.39 is 11.1 Å². The first kappa shape index (κ1) is 15.7. The standard InChI is InChI=1S/C15H29N3O2/c1-14(2,20)12-17-8-10-18(11-9-17)13(19)15(16)6-4-3-5-7-15/h20H,3-12,16H2,1-2H3. The molecule has 5 nitrogen and oxygen atoms in total. The SMILES string of the molecule is CC(C)(O)CN1CCN(C(=O)C2(N)CCCCC2)CC1. The number of hydrogen-bond acceptors (Lipinski definition) is 4. The molecule has 20 heavy (non-hydrogen) atoms. The van der Waals surface area contributed by atoms with Crippen LogP contribution in [0, 0.1) is 0 Å². The summed E-state index contributed by atoms with van der Waals surface area (Å²) in [4.78, 5) is 16.7. The van der Waals surface area contributed by atoms with Crippen molar-refractivity contribution in [1.29, 1.82) is 0 Å². The summed E-state index contributed by atoms with van der Waals surface area (Å²) in [6.45, 7) is 7.41. The van der Waals surface area contributed by atoms with E-state index in [2.05, 4.69) is 4.90 Å². The maximum absolute atomic E-state index is 12.6. The van der Waals surface area contributed by atoms with E-state index in [0.29, 0.717) is 6.54 Å². The smallest absolute Gasteiger partial charge is 0.242 e. The van der Waals surface area contributed by atoms with Crippen LogP contribution in [0.25, 0.3) is 0 Å². The van der Waals surface area contributed by atoms with Gasteiger partial charge in [-0.05, 0) is 26.7 Å². The number of carbonyl (C=O) groups excluding carboxylic acids is 1. The molecule has 5 heteroatoms. The van der Waals surface area contributed by atoms with Crippen LogP contribution in [-0.2, 0) is 4.79 Å². The van der Waals surface area contributed by atoms with Gasteiger partial charge in [0, 0.05) is 32.7 Å². The highest BCUT2D eigenvalue weighted by molar-refractivity contribution is 5.86. The highest BCUT2D eigenvalue weighted by Gasteiger charge is 2.39. The fourth-order valence-corrected chi connectivity index (χ4v) is 3.37. The van der Waals surface area contributed by atoms with Crippen LogP contribution in [0.2, 0.25) is 0 Å². The molecule has 0 bridgehead atoms. The van der Waals surface area contributed by atoms with Crippen LogP contribution in [0.15, 0.2) is 0 Å². The summed E-state index contributed by atoms with van der Waals surface area (Å²) in [7, 11) is 0. The monoisotopic (exact) mass is 283 g/mol. The van der Waals surface area contributed by atoms with Crippen molar-refractivity contribution < 1.29 is 9.90 Å². The van der Waals surface area contributed by atoms with E-state index in [1.54, 1.807) is 0 Å². The predicted molar refractivity (Wildman–Crippen MR) is 79.3 cm³/mol. The number of rotatable bonds is 3. The van der Waals surface area contributed by atoms with Gasteiger partial charge >= 0.3 is 0 Å². The Kier molecular flexibility index (Phi) is 4.72. The number of aliphatic hydroxyl groups is 1. The summed E-state index contributed by atoms with van der Waals surface area (Å²) in [6.07, 6.45) is 5.00. The zero-order valence-electron chi connectivity index (χ0n) is 12.9. The van der Waals surface area contributed by atoms with Crippen molar-refractivity contribution in [3.63, 3.8) is 0 Å². The first-order valence-corrected chi connectivity index (χ1v) is 7.83. The number of β-amino-alcohol motifs (C(OH)–C–C–N with tert-alkyl or cyclic N) is 1. The van der Waals surface area contributed by atoms with Crippen LogP contribution in [0.5, 0.6) is 0 Å². The highest BCUT2D eigenvalue weighted by Crippen LogP contribution is 2.28. The summed E-state index contributed by atoms with van der Waals surface area (Å²) in [6, 6.07) is 0.